The summed E-state index contributed by atoms with van der Waals surface area (Å²) in [7, 11) is 0. The smallest absolute Gasteiger partial charge is 0.00219 e. The van der Waals surface area contributed by atoms with Gasteiger partial charge in [0.2, 0.25) is 0 Å². The second-order valence-corrected chi connectivity index (χ2v) is 6.62. The molecular formula is C15H30N2. The molecule has 2 aliphatic rings. The molecule has 0 aromatic carbocycles. The highest BCUT2D eigenvalue weighted by Gasteiger charge is 2.24. The van der Waals surface area contributed by atoms with Crippen LogP contribution < -0.4 is 5.32 Å². The zero-order valence-electron chi connectivity index (χ0n) is 11.8. The molecule has 1 atom stereocenters. The van der Waals surface area contributed by atoms with Gasteiger partial charge in [0.15, 0.2) is 0 Å². The monoisotopic (exact) mass is 238 g/mol. The lowest BCUT2D eigenvalue weighted by Crippen LogP contribution is -2.43. The minimum atomic E-state index is 0.782. The predicted molar refractivity (Wildman–Crippen MR) is 74.2 cm³/mol. The molecule has 2 fully saturated rings. The molecule has 0 radical (unpaired) electrons. The molecule has 17 heavy (non-hydrogen) atoms. The first-order valence-corrected chi connectivity index (χ1v) is 7.67. The van der Waals surface area contributed by atoms with Crippen LogP contribution in [0.5, 0.6) is 0 Å². The van der Waals surface area contributed by atoms with Crippen molar-refractivity contribution in [2.24, 2.45) is 17.8 Å². The van der Waals surface area contributed by atoms with Crippen molar-refractivity contribution in [2.75, 3.05) is 32.7 Å². The van der Waals surface area contributed by atoms with Gasteiger partial charge in [-0.2, -0.15) is 0 Å². The lowest BCUT2D eigenvalue weighted by Gasteiger charge is -2.37. The fourth-order valence-electron chi connectivity index (χ4n) is 3.10. The highest BCUT2D eigenvalue weighted by molar-refractivity contribution is 4.79. The zero-order chi connectivity index (χ0) is 12.1. The maximum Gasteiger partial charge on any atom is 0.00219 e. The van der Waals surface area contributed by atoms with E-state index in [4.69, 9.17) is 0 Å². The number of piperidine rings is 1. The lowest BCUT2D eigenvalue weighted by molar-refractivity contribution is 0.123. The number of nitrogens with zero attached hydrogens (tertiary/aromatic N) is 1. The van der Waals surface area contributed by atoms with Gasteiger partial charge in [-0.05, 0) is 63.1 Å². The average Bonchev–Trinajstić information content (AvgIpc) is 2.24. The number of nitrogens with one attached hydrogen (secondary N) is 1. The zero-order valence-corrected chi connectivity index (χ0v) is 11.8. The van der Waals surface area contributed by atoms with E-state index in [1.807, 2.05) is 0 Å². The first kappa shape index (κ1) is 13.4. The molecule has 0 aromatic heterocycles. The van der Waals surface area contributed by atoms with Gasteiger partial charge in [0.05, 0.1) is 0 Å². The summed E-state index contributed by atoms with van der Waals surface area (Å²) in [5.41, 5.74) is 0. The van der Waals surface area contributed by atoms with Crippen LogP contribution in [0.15, 0.2) is 0 Å². The molecular weight excluding hydrogens is 208 g/mol. The summed E-state index contributed by atoms with van der Waals surface area (Å²) >= 11 is 0. The molecule has 0 bridgehead atoms. The summed E-state index contributed by atoms with van der Waals surface area (Å²) in [6.07, 6.45) is 7.32. The second kappa shape index (κ2) is 6.75. The van der Waals surface area contributed by atoms with Crippen LogP contribution in [-0.4, -0.2) is 37.6 Å². The molecule has 100 valence electrons. The number of hydrogen-bond acceptors (Lipinski definition) is 2. The minimum absolute atomic E-state index is 0.782. The average molecular weight is 238 g/mol. The Kier molecular flexibility index (Phi) is 5.30. The maximum absolute atomic E-state index is 3.63. The Hall–Kier alpha value is -0.0800. The summed E-state index contributed by atoms with van der Waals surface area (Å²) in [6.45, 7) is 11.1. The van der Waals surface area contributed by atoms with E-state index < -0.39 is 0 Å². The summed E-state index contributed by atoms with van der Waals surface area (Å²) in [5, 5.41) is 3.63. The Labute approximate surface area is 107 Å². The van der Waals surface area contributed by atoms with Crippen LogP contribution in [0.4, 0.5) is 0 Å². The third kappa shape index (κ3) is 4.59. The van der Waals surface area contributed by atoms with E-state index in [0.717, 1.165) is 17.8 Å². The van der Waals surface area contributed by atoms with Crippen LogP contribution in [0.25, 0.3) is 0 Å². The van der Waals surface area contributed by atoms with Crippen molar-refractivity contribution < 1.29 is 0 Å². The van der Waals surface area contributed by atoms with Crippen molar-refractivity contribution >= 4 is 0 Å². The molecule has 1 unspecified atom stereocenters. The number of likely N-dealkylation sites (tertiary alicyclic amines) is 1. The summed E-state index contributed by atoms with van der Waals surface area (Å²) in [6, 6.07) is 0. The lowest BCUT2D eigenvalue weighted by atomic mass is 9.84. The van der Waals surface area contributed by atoms with E-state index in [2.05, 4.69) is 24.1 Å². The van der Waals surface area contributed by atoms with E-state index in [0.29, 0.717) is 0 Å². The molecule has 1 saturated carbocycles. The van der Waals surface area contributed by atoms with Crippen molar-refractivity contribution in [2.45, 2.75) is 46.0 Å². The van der Waals surface area contributed by atoms with Gasteiger partial charge in [0, 0.05) is 13.1 Å². The normalized spacial score (nSPS) is 27.4. The predicted octanol–water partition coefficient (Wildman–Crippen LogP) is 2.74. The molecule has 1 heterocycles. The highest BCUT2D eigenvalue weighted by atomic mass is 15.1. The van der Waals surface area contributed by atoms with Crippen molar-refractivity contribution in [1.82, 2.24) is 10.2 Å². The van der Waals surface area contributed by atoms with Crippen LogP contribution in [0, 0.1) is 17.8 Å². The number of rotatable bonds is 6. The molecule has 1 aliphatic carbocycles. The SMILES string of the molecule is CC(C)CNCC1CCCN(CC2CCC2)C1. The fourth-order valence-corrected chi connectivity index (χ4v) is 3.10. The van der Waals surface area contributed by atoms with E-state index in [9.17, 15) is 0 Å². The molecule has 1 aliphatic heterocycles. The highest BCUT2D eigenvalue weighted by Crippen LogP contribution is 2.28. The van der Waals surface area contributed by atoms with Crippen LogP contribution >= 0.6 is 0 Å². The Morgan fingerprint density at radius 1 is 1.12 bits per heavy atom. The molecule has 2 nitrogen and oxygen atoms in total. The van der Waals surface area contributed by atoms with E-state index >= 15 is 0 Å². The number of hydrogen-bond donors (Lipinski definition) is 1. The Balaban J connectivity index is 1.61. The Morgan fingerprint density at radius 2 is 1.88 bits per heavy atom. The van der Waals surface area contributed by atoms with E-state index in [1.165, 1.54) is 64.8 Å². The van der Waals surface area contributed by atoms with E-state index in [1.54, 1.807) is 0 Å². The van der Waals surface area contributed by atoms with E-state index in [-0.39, 0.29) is 0 Å². The van der Waals surface area contributed by atoms with Crippen LogP contribution in [0.2, 0.25) is 0 Å². The minimum Gasteiger partial charge on any atom is -0.316 e. The van der Waals surface area contributed by atoms with Gasteiger partial charge in [-0.15, -0.1) is 0 Å². The van der Waals surface area contributed by atoms with Crippen LogP contribution in [-0.2, 0) is 0 Å². The Morgan fingerprint density at radius 3 is 2.53 bits per heavy atom. The molecule has 1 saturated heterocycles. The van der Waals surface area contributed by atoms with Crippen LogP contribution in [0.1, 0.15) is 46.0 Å². The van der Waals surface area contributed by atoms with Gasteiger partial charge < -0.3 is 10.2 Å². The molecule has 1 N–H and O–H groups in total. The largest absolute Gasteiger partial charge is 0.316 e. The van der Waals surface area contributed by atoms with Crippen molar-refractivity contribution in [3.05, 3.63) is 0 Å². The van der Waals surface area contributed by atoms with Gasteiger partial charge >= 0.3 is 0 Å². The fraction of sp³-hybridized carbons (Fsp3) is 1.00. The second-order valence-electron chi connectivity index (χ2n) is 6.62. The third-order valence-corrected chi connectivity index (χ3v) is 4.33. The molecule has 0 aromatic rings. The Bertz CT molecular complexity index is 211. The van der Waals surface area contributed by atoms with Gasteiger partial charge in [0.25, 0.3) is 0 Å². The van der Waals surface area contributed by atoms with Gasteiger partial charge in [-0.1, -0.05) is 20.3 Å². The van der Waals surface area contributed by atoms with Gasteiger partial charge in [0.1, 0.15) is 0 Å². The summed E-state index contributed by atoms with van der Waals surface area (Å²) < 4.78 is 0. The molecule has 0 spiro atoms. The molecule has 2 heteroatoms. The standard InChI is InChI=1S/C15H30N2/c1-13(2)9-16-10-15-7-4-8-17(12-15)11-14-5-3-6-14/h13-16H,3-12H2,1-2H3. The molecule has 2 rings (SSSR count). The summed E-state index contributed by atoms with van der Waals surface area (Å²) in [4.78, 5) is 2.73. The maximum atomic E-state index is 3.63. The van der Waals surface area contributed by atoms with Crippen molar-refractivity contribution in [3.63, 3.8) is 0 Å². The van der Waals surface area contributed by atoms with Crippen molar-refractivity contribution in [3.8, 4) is 0 Å². The van der Waals surface area contributed by atoms with Gasteiger partial charge in [-0.3, -0.25) is 0 Å². The third-order valence-electron chi connectivity index (χ3n) is 4.33. The summed E-state index contributed by atoms with van der Waals surface area (Å²) in [5.74, 6) is 2.73. The van der Waals surface area contributed by atoms with Crippen LogP contribution in [0.3, 0.4) is 0 Å². The first-order chi connectivity index (χ1) is 8.24. The quantitative estimate of drug-likeness (QED) is 0.765. The first-order valence-electron chi connectivity index (χ1n) is 7.67. The molecule has 0 amide bonds. The van der Waals surface area contributed by atoms with Gasteiger partial charge in [-0.25, -0.2) is 0 Å². The van der Waals surface area contributed by atoms with Crippen molar-refractivity contribution in [1.29, 1.82) is 0 Å². The topological polar surface area (TPSA) is 15.3 Å².